The van der Waals surface area contributed by atoms with E-state index in [1.807, 2.05) is 27.7 Å². The van der Waals surface area contributed by atoms with E-state index in [1.165, 1.54) is 25.7 Å². The van der Waals surface area contributed by atoms with Gasteiger partial charge in [0, 0.05) is 0 Å². The molecule has 0 heterocycles. The van der Waals surface area contributed by atoms with E-state index in [0.29, 0.717) is 0 Å². The summed E-state index contributed by atoms with van der Waals surface area (Å²) in [6.45, 7) is 9.92. The summed E-state index contributed by atoms with van der Waals surface area (Å²) < 4.78 is 5.34. The summed E-state index contributed by atoms with van der Waals surface area (Å²) in [4.78, 5) is 11.7. The molecule has 0 aromatic carbocycles. The molecule has 0 amide bonds. The first kappa shape index (κ1) is 19.1. The highest BCUT2D eigenvalue weighted by atomic mass is 35.5. The highest BCUT2D eigenvalue weighted by Gasteiger charge is 2.20. The van der Waals surface area contributed by atoms with E-state index in [-0.39, 0.29) is 29.9 Å². The van der Waals surface area contributed by atoms with Crippen molar-refractivity contribution in [1.82, 2.24) is 0 Å². The van der Waals surface area contributed by atoms with E-state index in [0.717, 1.165) is 12.8 Å². The van der Waals surface area contributed by atoms with Gasteiger partial charge in [0.2, 0.25) is 0 Å². The van der Waals surface area contributed by atoms with Crippen molar-refractivity contribution in [2.24, 2.45) is 5.92 Å². The van der Waals surface area contributed by atoms with Crippen LogP contribution >= 0.6 is 12.4 Å². The van der Waals surface area contributed by atoms with E-state index in [1.54, 1.807) is 0 Å². The summed E-state index contributed by atoms with van der Waals surface area (Å²) in [5.74, 6) is -0.0103. The van der Waals surface area contributed by atoms with Crippen LogP contribution in [0.5, 0.6) is 0 Å². The molecule has 0 bridgehead atoms. The fourth-order valence-electron chi connectivity index (χ4n) is 1.57. The molecule has 1 unspecified atom stereocenters. The summed E-state index contributed by atoms with van der Waals surface area (Å²) in [6.07, 6.45) is 7.19. The van der Waals surface area contributed by atoms with Gasteiger partial charge in [-0.3, -0.25) is 4.79 Å². The molecule has 0 N–H and O–H groups in total. The molecule has 1 atom stereocenters. The van der Waals surface area contributed by atoms with E-state index in [9.17, 15) is 4.79 Å². The molecule has 0 fully saturated rings. The maximum atomic E-state index is 11.7. The average Bonchev–Trinajstić information content (AvgIpc) is 2.14. The van der Waals surface area contributed by atoms with Gasteiger partial charge in [0.05, 0.1) is 5.92 Å². The van der Waals surface area contributed by atoms with E-state index in [4.69, 9.17) is 4.74 Å². The Morgan fingerprint density at radius 1 is 1.12 bits per heavy atom. The molecule has 0 aliphatic carbocycles. The van der Waals surface area contributed by atoms with Crippen LogP contribution in [0.4, 0.5) is 0 Å². The Bertz CT molecular complexity index is 197. The zero-order chi connectivity index (χ0) is 12.6. The van der Waals surface area contributed by atoms with Gasteiger partial charge in [-0.15, -0.1) is 12.4 Å². The Labute approximate surface area is 113 Å². The Kier molecular flexibility index (Phi) is 11.0. The van der Waals surface area contributed by atoms with Gasteiger partial charge in [-0.05, 0) is 27.2 Å². The fraction of sp³-hybridized carbons (Fsp3) is 0.929. The number of esters is 1. The van der Waals surface area contributed by atoms with E-state index < -0.39 is 0 Å². The summed E-state index contributed by atoms with van der Waals surface area (Å²) in [6, 6.07) is 0. The van der Waals surface area contributed by atoms with Crippen molar-refractivity contribution in [3.05, 3.63) is 0 Å². The number of unbranched alkanes of at least 4 members (excludes halogenated alkanes) is 4. The predicted octanol–water partition coefficient (Wildman–Crippen LogP) is 4.75. The first-order valence-corrected chi connectivity index (χ1v) is 6.59. The van der Waals surface area contributed by atoms with Gasteiger partial charge in [-0.1, -0.05) is 46.0 Å². The molecule has 0 aliphatic rings. The number of carbonyl (C=O) groups is 1. The second-order valence-corrected chi connectivity index (χ2v) is 5.64. The van der Waals surface area contributed by atoms with Crippen molar-refractivity contribution in [3.8, 4) is 0 Å². The minimum Gasteiger partial charge on any atom is -0.460 e. The largest absolute Gasteiger partial charge is 0.460 e. The highest BCUT2D eigenvalue weighted by molar-refractivity contribution is 5.85. The standard InChI is InChI=1S/C14H28O2.ClH/c1-6-7-8-9-10-11-12(2)13(15)16-14(3,4)5;/h12H,6-11H2,1-5H3;1H. The van der Waals surface area contributed by atoms with Crippen molar-refractivity contribution in [2.75, 3.05) is 0 Å². The van der Waals surface area contributed by atoms with Gasteiger partial charge in [-0.2, -0.15) is 0 Å². The zero-order valence-corrected chi connectivity index (χ0v) is 12.9. The Balaban J connectivity index is 0. The number of hydrogen-bond acceptors (Lipinski definition) is 2. The SMILES string of the molecule is CCCCCCCC(C)C(=O)OC(C)(C)C.Cl. The molecule has 104 valence electrons. The molecule has 0 radical (unpaired) electrons. The number of hydrogen-bond donors (Lipinski definition) is 0. The normalized spacial score (nSPS) is 12.8. The van der Waals surface area contributed by atoms with Crippen LogP contribution in [-0.2, 0) is 9.53 Å². The van der Waals surface area contributed by atoms with Crippen LogP contribution in [0, 0.1) is 5.92 Å². The van der Waals surface area contributed by atoms with Gasteiger partial charge in [0.15, 0.2) is 0 Å². The lowest BCUT2D eigenvalue weighted by Crippen LogP contribution is -2.27. The van der Waals surface area contributed by atoms with Crippen LogP contribution in [-0.4, -0.2) is 11.6 Å². The monoisotopic (exact) mass is 264 g/mol. The molecule has 3 heteroatoms. The van der Waals surface area contributed by atoms with Crippen molar-refractivity contribution in [1.29, 1.82) is 0 Å². The number of rotatable bonds is 7. The van der Waals surface area contributed by atoms with Crippen LogP contribution in [0.25, 0.3) is 0 Å². The van der Waals surface area contributed by atoms with Crippen molar-refractivity contribution in [2.45, 2.75) is 78.7 Å². The molecular weight excluding hydrogens is 236 g/mol. The number of ether oxygens (including phenoxy) is 1. The summed E-state index contributed by atoms with van der Waals surface area (Å²) >= 11 is 0. The molecule has 17 heavy (non-hydrogen) atoms. The molecule has 2 nitrogen and oxygen atoms in total. The molecular formula is C14H29ClO2. The summed E-state index contributed by atoms with van der Waals surface area (Å²) in [5, 5.41) is 0. The van der Waals surface area contributed by atoms with Gasteiger partial charge < -0.3 is 4.74 Å². The Hall–Kier alpha value is -0.240. The van der Waals surface area contributed by atoms with Crippen molar-refractivity contribution in [3.63, 3.8) is 0 Å². The second-order valence-electron chi connectivity index (χ2n) is 5.64. The van der Waals surface area contributed by atoms with Crippen LogP contribution in [0.15, 0.2) is 0 Å². The van der Waals surface area contributed by atoms with Crippen molar-refractivity contribution < 1.29 is 9.53 Å². The minimum atomic E-state index is -0.354. The summed E-state index contributed by atoms with van der Waals surface area (Å²) in [7, 11) is 0. The smallest absolute Gasteiger partial charge is 0.309 e. The summed E-state index contributed by atoms with van der Waals surface area (Å²) in [5.41, 5.74) is -0.354. The first-order valence-electron chi connectivity index (χ1n) is 6.59. The maximum absolute atomic E-state index is 11.7. The lowest BCUT2D eigenvalue weighted by atomic mass is 10.0. The molecule has 0 aromatic heterocycles. The third kappa shape index (κ3) is 12.0. The molecule has 0 rings (SSSR count). The number of halogens is 1. The van der Waals surface area contributed by atoms with E-state index >= 15 is 0 Å². The number of carbonyl (C=O) groups excluding carboxylic acids is 1. The second kappa shape index (κ2) is 9.76. The lowest BCUT2D eigenvalue weighted by molar-refractivity contribution is -0.159. The quantitative estimate of drug-likeness (QED) is 0.490. The van der Waals surface area contributed by atoms with E-state index in [2.05, 4.69) is 6.92 Å². The Morgan fingerprint density at radius 2 is 1.65 bits per heavy atom. The van der Waals surface area contributed by atoms with Gasteiger partial charge in [-0.25, -0.2) is 0 Å². The van der Waals surface area contributed by atoms with Gasteiger partial charge in [0.1, 0.15) is 5.60 Å². The van der Waals surface area contributed by atoms with Crippen molar-refractivity contribution >= 4 is 18.4 Å². The Morgan fingerprint density at radius 3 is 2.12 bits per heavy atom. The highest BCUT2D eigenvalue weighted by Crippen LogP contribution is 2.16. The van der Waals surface area contributed by atoms with Gasteiger partial charge in [0.25, 0.3) is 0 Å². The molecule has 0 aliphatic heterocycles. The average molecular weight is 265 g/mol. The maximum Gasteiger partial charge on any atom is 0.309 e. The molecule has 0 aromatic rings. The lowest BCUT2D eigenvalue weighted by Gasteiger charge is -2.22. The van der Waals surface area contributed by atoms with Crippen LogP contribution in [0.2, 0.25) is 0 Å². The van der Waals surface area contributed by atoms with Crippen LogP contribution in [0.1, 0.15) is 73.1 Å². The third-order valence-electron chi connectivity index (χ3n) is 2.55. The third-order valence-corrected chi connectivity index (χ3v) is 2.55. The zero-order valence-electron chi connectivity index (χ0n) is 12.0. The van der Waals surface area contributed by atoms with Crippen LogP contribution < -0.4 is 0 Å². The molecule has 0 spiro atoms. The first-order chi connectivity index (χ1) is 7.37. The predicted molar refractivity (Wildman–Crippen MR) is 75.6 cm³/mol. The van der Waals surface area contributed by atoms with Gasteiger partial charge >= 0.3 is 5.97 Å². The molecule has 0 saturated heterocycles. The minimum absolute atomic E-state index is 0. The molecule has 0 saturated carbocycles. The topological polar surface area (TPSA) is 26.3 Å². The van der Waals surface area contributed by atoms with Crippen LogP contribution in [0.3, 0.4) is 0 Å². The fourth-order valence-corrected chi connectivity index (χ4v) is 1.57.